The van der Waals surface area contributed by atoms with Crippen LogP contribution in [-0.4, -0.2) is 12.9 Å². The summed E-state index contributed by atoms with van der Waals surface area (Å²) in [5.74, 6) is 0.608. The van der Waals surface area contributed by atoms with E-state index >= 15 is 0 Å². The van der Waals surface area contributed by atoms with Crippen LogP contribution in [-0.2, 0) is 9.84 Å². The third-order valence-electron chi connectivity index (χ3n) is 1.67. The van der Waals surface area contributed by atoms with Crippen molar-refractivity contribution in [2.45, 2.75) is 47.3 Å². The topological polar surface area (TPSA) is 29.1 Å². The van der Waals surface area contributed by atoms with Crippen LogP contribution >= 0.6 is 0 Å². The molecule has 0 aromatic heterocycles. The van der Waals surface area contributed by atoms with E-state index in [0.717, 1.165) is 6.42 Å². The number of hydrogen-bond acceptors (Lipinski definition) is 1. The van der Waals surface area contributed by atoms with E-state index in [4.69, 9.17) is 4.74 Å². The Kier molecular flexibility index (Phi) is 4.80. The van der Waals surface area contributed by atoms with E-state index in [-0.39, 0.29) is 5.41 Å². The highest BCUT2D eigenvalue weighted by molar-refractivity contribution is 4.64. The standard InChI is InChI=1S/C10H21O2/c1-8(2)6-7-12-9(11)10(3,4)5/h8-9H,6-7H2,1-5H3. The third-order valence-corrected chi connectivity index (χ3v) is 1.67. The van der Waals surface area contributed by atoms with Crippen molar-refractivity contribution in [3.05, 3.63) is 0 Å². The van der Waals surface area contributed by atoms with Gasteiger partial charge < -0.3 is 4.74 Å². The number of rotatable bonds is 4. The largest absolute Gasteiger partial charge is 0.349 e. The maximum Gasteiger partial charge on any atom is 0.196 e. The maximum absolute atomic E-state index is 11.3. The Balaban J connectivity index is 3.51. The van der Waals surface area contributed by atoms with Crippen molar-refractivity contribution in [1.82, 2.24) is 0 Å². The average Bonchev–Trinajstić information content (AvgIpc) is 1.84. The van der Waals surface area contributed by atoms with Gasteiger partial charge in [-0.1, -0.05) is 34.6 Å². The van der Waals surface area contributed by atoms with Crippen molar-refractivity contribution in [1.29, 1.82) is 0 Å². The molecule has 0 saturated heterocycles. The van der Waals surface area contributed by atoms with Crippen LogP contribution in [0.5, 0.6) is 0 Å². The third kappa shape index (κ3) is 5.56. The van der Waals surface area contributed by atoms with Crippen molar-refractivity contribution in [3.8, 4) is 0 Å². The zero-order valence-electron chi connectivity index (χ0n) is 8.89. The minimum absolute atomic E-state index is 0.281. The molecule has 0 amide bonds. The van der Waals surface area contributed by atoms with E-state index in [1.165, 1.54) is 0 Å². The zero-order chi connectivity index (χ0) is 9.78. The van der Waals surface area contributed by atoms with Gasteiger partial charge in [0.05, 0.1) is 6.61 Å². The summed E-state index contributed by atoms with van der Waals surface area (Å²) in [7, 11) is 0. The van der Waals surface area contributed by atoms with E-state index in [9.17, 15) is 5.11 Å². The van der Waals surface area contributed by atoms with E-state index in [2.05, 4.69) is 13.8 Å². The molecule has 1 unspecified atom stereocenters. The quantitative estimate of drug-likeness (QED) is 0.601. The Morgan fingerprint density at radius 1 is 1.25 bits per heavy atom. The van der Waals surface area contributed by atoms with Crippen molar-refractivity contribution in [3.63, 3.8) is 0 Å². The summed E-state index contributed by atoms with van der Waals surface area (Å²) in [5, 5.41) is 11.3. The molecule has 2 heteroatoms. The molecule has 0 spiro atoms. The van der Waals surface area contributed by atoms with Gasteiger partial charge in [0.2, 0.25) is 0 Å². The van der Waals surface area contributed by atoms with Gasteiger partial charge >= 0.3 is 0 Å². The smallest absolute Gasteiger partial charge is 0.196 e. The molecule has 0 N–H and O–H groups in total. The van der Waals surface area contributed by atoms with Gasteiger partial charge in [-0.2, -0.15) is 0 Å². The number of hydrogen-bond donors (Lipinski definition) is 0. The van der Waals surface area contributed by atoms with Crippen molar-refractivity contribution in [2.24, 2.45) is 11.3 Å². The second-order valence-electron chi connectivity index (χ2n) is 4.75. The lowest BCUT2D eigenvalue weighted by Gasteiger charge is -2.23. The van der Waals surface area contributed by atoms with Crippen molar-refractivity contribution in [2.75, 3.05) is 6.61 Å². The predicted molar refractivity (Wildman–Crippen MR) is 49.3 cm³/mol. The molecule has 1 atom stereocenters. The first-order valence-corrected chi connectivity index (χ1v) is 4.61. The molecule has 0 aromatic carbocycles. The fraction of sp³-hybridized carbons (Fsp3) is 1.00. The SMILES string of the molecule is CC(C)CCOC([O])C(C)(C)C. The summed E-state index contributed by atoms with van der Waals surface area (Å²) in [6, 6.07) is 0. The lowest BCUT2D eigenvalue weighted by atomic mass is 9.96. The molecule has 12 heavy (non-hydrogen) atoms. The van der Waals surface area contributed by atoms with Crippen LogP contribution in [0.15, 0.2) is 0 Å². The number of ether oxygens (including phenoxy) is 1. The first-order chi connectivity index (χ1) is 5.34. The average molecular weight is 173 g/mol. The second kappa shape index (κ2) is 4.83. The van der Waals surface area contributed by atoms with Gasteiger partial charge in [-0.15, -0.1) is 0 Å². The van der Waals surface area contributed by atoms with Gasteiger partial charge in [0, 0.05) is 5.41 Å². The van der Waals surface area contributed by atoms with Gasteiger partial charge in [-0.05, 0) is 12.3 Å². The van der Waals surface area contributed by atoms with Crippen LogP contribution in [0.4, 0.5) is 0 Å². The zero-order valence-corrected chi connectivity index (χ0v) is 8.89. The summed E-state index contributed by atoms with van der Waals surface area (Å²) in [6.45, 7) is 10.5. The second-order valence-corrected chi connectivity index (χ2v) is 4.75. The molecule has 0 aliphatic heterocycles. The molecular weight excluding hydrogens is 152 g/mol. The Labute approximate surface area is 75.9 Å². The molecule has 1 radical (unpaired) electrons. The summed E-state index contributed by atoms with van der Waals surface area (Å²) < 4.78 is 5.16. The van der Waals surface area contributed by atoms with Crippen LogP contribution < -0.4 is 0 Å². The highest BCUT2D eigenvalue weighted by Crippen LogP contribution is 2.20. The van der Waals surface area contributed by atoms with Gasteiger partial charge in [-0.3, -0.25) is 0 Å². The van der Waals surface area contributed by atoms with Crippen LogP contribution in [0.1, 0.15) is 41.0 Å². The normalized spacial score (nSPS) is 15.2. The molecular formula is C10H21O2. The Morgan fingerprint density at radius 3 is 2.08 bits per heavy atom. The first kappa shape index (κ1) is 11.9. The molecule has 0 saturated carbocycles. The van der Waals surface area contributed by atoms with E-state index in [0.29, 0.717) is 12.5 Å². The maximum atomic E-state index is 11.3. The van der Waals surface area contributed by atoms with Crippen LogP contribution in [0.25, 0.3) is 0 Å². The fourth-order valence-corrected chi connectivity index (χ4v) is 0.661. The minimum Gasteiger partial charge on any atom is -0.349 e. The van der Waals surface area contributed by atoms with E-state index in [1.807, 2.05) is 20.8 Å². The summed E-state index contributed by atoms with van der Waals surface area (Å²) >= 11 is 0. The van der Waals surface area contributed by atoms with Gasteiger partial charge in [0.1, 0.15) is 0 Å². The van der Waals surface area contributed by atoms with Crippen LogP contribution in [0.3, 0.4) is 0 Å². The van der Waals surface area contributed by atoms with Crippen molar-refractivity contribution >= 4 is 0 Å². The van der Waals surface area contributed by atoms with Crippen LogP contribution in [0.2, 0.25) is 0 Å². The monoisotopic (exact) mass is 173 g/mol. The lowest BCUT2D eigenvalue weighted by Crippen LogP contribution is -2.28. The molecule has 0 heterocycles. The highest BCUT2D eigenvalue weighted by atomic mass is 16.6. The fourth-order valence-electron chi connectivity index (χ4n) is 0.661. The van der Waals surface area contributed by atoms with Gasteiger partial charge in [0.25, 0.3) is 0 Å². The minimum atomic E-state index is -0.892. The van der Waals surface area contributed by atoms with Crippen molar-refractivity contribution < 1.29 is 9.84 Å². The first-order valence-electron chi connectivity index (χ1n) is 4.61. The molecule has 2 nitrogen and oxygen atoms in total. The summed E-state index contributed by atoms with van der Waals surface area (Å²) in [4.78, 5) is 0. The molecule has 0 aliphatic rings. The van der Waals surface area contributed by atoms with Gasteiger partial charge in [0.15, 0.2) is 6.29 Å². The molecule has 73 valence electrons. The summed E-state index contributed by atoms with van der Waals surface area (Å²) in [6.07, 6.45) is 0.0747. The Hall–Kier alpha value is -0.0800. The molecule has 0 aliphatic carbocycles. The van der Waals surface area contributed by atoms with Crippen LogP contribution in [0, 0.1) is 11.3 Å². The molecule has 0 rings (SSSR count). The molecule has 0 aromatic rings. The molecule has 0 fully saturated rings. The Bertz CT molecular complexity index is 113. The predicted octanol–water partition coefficient (Wildman–Crippen LogP) is 2.85. The highest BCUT2D eigenvalue weighted by Gasteiger charge is 2.24. The lowest BCUT2D eigenvalue weighted by molar-refractivity contribution is -0.196. The molecule has 0 bridgehead atoms. The van der Waals surface area contributed by atoms with E-state index < -0.39 is 6.29 Å². The van der Waals surface area contributed by atoms with E-state index in [1.54, 1.807) is 0 Å². The van der Waals surface area contributed by atoms with Gasteiger partial charge in [-0.25, -0.2) is 5.11 Å². The summed E-state index contributed by atoms with van der Waals surface area (Å²) in [5.41, 5.74) is -0.281. The Morgan fingerprint density at radius 2 is 1.75 bits per heavy atom.